The monoisotopic (exact) mass is 381 g/mol. The third kappa shape index (κ3) is 4.60. The molecule has 1 atom stereocenters. The highest BCUT2D eigenvalue weighted by molar-refractivity contribution is 6.32. The van der Waals surface area contributed by atoms with Crippen molar-refractivity contribution in [2.75, 3.05) is 6.54 Å². The minimum Gasteiger partial charge on any atom is -0.312 e. The maximum atomic E-state index is 13.0. The van der Waals surface area contributed by atoms with E-state index in [2.05, 4.69) is 17.4 Å². The lowest BCUT2D eigenvalue weighted by Gasteiger charge is -2.25. The molecule has 3 rings (SSSR count). The Kier molecular flexibility index (Phi) is 6.25. The summed E-state index contributed by atoms with van der Waals surface area (Å²) in [7, 11) is 0. The van der Waals surface area contributed by atoms with Gasteiger partial charge in [-0.3, -0.25) is 0 Å². The highest BCUT2D eigenvalue weighted by Gasteiger charge is 2.33. The molecule has 0 saturated heterocycles. The van der Waals surface area contributed by atoms with E-state index >= 15 is 0 Å². The van der Waals surface area contributed by atoms with E-state index in [9.17, 15) is 13.2 Å². The Bertz CT molecular complexity index is 709. The van der Waals surface area contributed by atoms with Crippen molar-refractivity contribution >= 4 is 11.6 Å². The van der Waals surface area contributed by atoms with Gasteiger partial charge in [0.2, 0.25) is 0 Å². The quantitative estimate of drug-likeness (QED) is 0.608. The van der Waals surface area contributed by atoms with Gasteiger partial charge in [0.05, 0.1) is 10.6 Å². The summed E-state index contributed by atoms with van der Waals surface area (Å²) in [6, 6.07) is 14.5. The summed E-state index contributed by atoms with van der Waals surface area (Å²) in [4.78, 5) is 0. The van der Waals surface area contributed by atoms with Crippen molar-refractivity contribution in [2.24, 2.45) is 5.92 Å². The second-order valence-corrected chi connectivity index (χ2v) is 7.35. The van der Waals surface area contributed by atoms with Crippen LogP contribution in [0.25, 0.3) is 0 Å². The molecule has 1 aliphatic carbocycles. The van der Waals surface area contributed by atoms with Crippen LogP contribution in [0.3, 0.4) is 0 Å². The van der Waals surface area contributed by atoms with E-state index in [-0.39, 0.29) is 5.02 Å². The number of nitrogens with one attached hydrogen (secondary N) is 1. The highest BCUT2D eigenvalue weighted by atomic mass is 35.5. The molecule has 0 aromatic heterocycles. The van der Waals surface area contributed by atoms with Crippen molar-refractivity contribution in [1.29, 1.82) is 0 Å². The van der Waals surface area contributed by atoms with Crippen LogP contribution < -0.4 is 5.32 Å². The molecule has 2 aromatic rings. The normalized spacial score (nSPS) is 16.8. The minimum absolute atomic E-state index is 0.204. The summed E-state index contributed by atoms with van der Waals surface area (Å²) in [6.07, 6.45) is 0.515. The molecule has 5 heteroatoms. The Hall–Kier alpha value is -1.52. The fourth-order valence-electron chi connectivity index (χ4n) is 3.91. The van der Waals surface area contributed by atoms with Crippen LogP contribution in [-0.4, -0.2) is 6.54 Å². The smallest absolute Gasteiger partial charge is 0.312 e. The largest absolute Gasteiger partial charge is 0.417 e. The molecule has 1 N–H and O–H groups in total. The SMILES string of the molecule is FC(F)(F)c1cccc(CNCC(c2ccccc2)C2CCCC2)c1Cl. The van der Waals surface area contributed by atoms with E-state index in [1.165, 1.54) is 37.3 Å². The molecule has 2 aromatic carbocycles. The van der Waals surface area contributed by atoms with Gasteiger partial charge >= 0.3 is 6.18 Å². The van der Waals surface area contributed by atoms with Crippen LogP contribution in [0.2, 0.25) is 5.02 Å². The zero-order valence-corrected chi connectivity index (χ0v) is 15.3. The Morgan fingerprint density at radius 1 is 1.00 bits per heavy atom. The third-order valence-electron chi connectivity index (χ3n) is 5.26. The van der Waals surface area contributed by atoms with Gasteiger partial charge in [0.1, 0.15) is 0 Å². The van der Waals surface area contributed by atoms with Gasteiger partial charge in [-0.25, -0.2) is 0 Å². The van der Waals surface area contributed by atoms with Crippen molar-refractivity contribution in [3.8, 4) is 0 Å². The molecule has 0 amide bonds. The van der Waals surface area contributed by atoms with Crippen molar-refractivity contribution in [2.45, 2.75) is 44.3 Å². The lowest BCUT2D eigenvalue weighted by Crippen LogP contribution is -2.26. The molecule has 0 bridgehead atoms. The van der Waals surface area contributed by atoms with E-state index < -0.39 is 11.7 Å². The lowest BCUT2D eigenvalue weighted by molar-refractivity contribution is -0.137. The zero-order valence-electron chi connectivity index (χ0n) is 14.5. The Balaban J connectivity index is 1.69. The van der Waals surface area contributed by atoms with Gasteiger partial charge in [-0.15, -0.1) is 0 Å². The van der Waals surface area contributed by atoms with Gasteiger partial charge in [-0.1, -0.05) is 66.9 Å². The summed E-state index contributed by atoms with van der Waals surface area (Å²) in [5, 5.41) is 3.14. The van der Waals surface area contributed by atoms with Gasteiger partial charge in [-0.05, 0) is 41.9 Å². The van der Waals surface area contributed by atoms with Gasteiger partial charge < -0.3 is 5.32 Å². The highest BCUT2D eigenvalue weighted by Crippen LogP contribution is 2.38. The van der Waals surface area contributed by atoms with E-state index in [1.807, 2.05) is 18.2 Å². The summed E-state index contributed by atoms with van der Waals surface area (Å²) in [6.45, 7) is 1.07. The predicted octanol–water partition coefficient (Wildman–Crippen LogP) is 6.42. The van der Waals surface area contributed by atoms with Gasteiger partial charge in [0.25, 0.3) is 0 Å². The van der Waals surface area contributed by atoms with Crippen molar-refractivity contribution in [3.05, 3.63) is 70.2 Å². The predicted molar refractivity (Wildman–Crippen MR) is 99.3 cm³/mol. The van der Waals surface area contributed by atoms with Crippen LogP contribution in [-0.2, 0) is 12.7 Å². The fraction of sp³-hybridized carbons (Fsp3) is 0.429. The average Bonchev–Trinajstić information content (AvgIpc) is 3.14. The second-order valence-electron chi connectivity index (χ2n) is 6.97. The maximum Gasteiger partial charge on any atom is 0.417 e. The number of benzene rings is 2. The Labute approximate surface area is 157 Å². The molecule has 0 spiro atoms. The molecule has 0 radical (unpaired) electrons. The summed E-state index contributed by atoms with van der Waals surface area (Å²) in [5.41, 5.74) is 1.01. The van der Waals surface area contributed by atoms with Crippen LogP contribution in [0.15, 0.2) is 48.5 Å². The van der Waals surface area contributed by atoms with Gasteiger partial charge in [0, 0.05) is 13.1 Å². The molecule has 0 heterocycles. The van der Waals surface area contributed by atoms with E-state index in [4.69, 9.17) is 11.6 Å². The van der Waals surface area contributed by atoms with Crippen molar-refractivity contribution in [3.63, 3.8) is 0 Å². The van der Waals surface area contributed by atoms with E-state index in [0.717, 1.165) is 12.6 Å². The Morgan fingerprint density at radius 2 is 1.69 bits per heavy atom. The summed E-state index contributed by atoms with van der Waals surface area (Å²) >= 11 is 5.99. The van der Waals surface area contributed by atoms with Gasteiger partial charge in [-0.2, -0.15) is 13.2 Å². The number of halogens is 4. The number of hydrogen-bond donors (Lipinski definition) is 1. The molecular formula is C21H23ClF3N. The first kappa shape index (κ1) is 19.2. The van der Waals surface area contributed by atoms with Crippen LogP contribution in [0, 0.1) is 5.92 Å². The zero-order chi connectivity index (χ0) is 18.6. The van der Waals surface area contributed by atoms with Crippen molar-refractivity contribution in [1.82, 2.24) is 5.32 Å². The average molecular weight is 382 g/mol. The fourth-order valence-corrected chi connectivity index (χ4v) is 4.21. The Morgan fingerprint density at radius 3 is 2.35 bits per heavy atom. The molecule has 1 fully saturated rings. The summed E-state index contributed by atoms with van der Waals surface area (Å²) in [5.74, 6) is 1.00. The molecule has 1 unspecified atom stereocenters. The molecule has 0 aliphatic heterocycles. The van der Waals surface area contributed by atoms with Crippen LogP contribution >= 0.6 is 11.6 Å². The standard InChI is InChI=1S/C21H23ClF3N/c22-20-17(11-6-12-19(20)21(23,24)25)13-26-14-18(16-9-4-5-10-16)15-7-2-1-3-8-15/h1-3,6-8,11-12,16,18,26H,4-5,9-10,13-14H2. The number of rotatable bonds is 6. The molecule has 1 saturated carbocycles. The minimum atomic E-state index is -4.43. The molecule has 1 nitrogen and oxygen atoms in total. The third-order valence-corrected chi connectivity index (χ3v) is 5.71. The lowest BCUT2D eigenvalue weighted by atomic mass is 9.85. The topological polar surface area (TPSA) is 12.0 Å². The van der Waals surface area contributed by atoms with E-state index in [1.54, 1.807) is 6.07 Å². The van der Waals surface area contributed by atoms with E-state index in [0.29, 0.717) is 23.9 Å². The summed E-state index contributed by atoms with van der Waals surface area (Å²) < 4.78 is 39.0. The van der Waals surface area contributed by atoms with Crippen LogP contribution in [0.4, 0.5) is 13.2 Å². The van der Waals surface area contributed by atoms with Gasteiger partial charge in [0.15, 0.2) is 0 Å². The molecule has 1 aliphatic rings. The number of alkyl halides is 3. The molecular weight excluding hydrogens is 359 g/mol. The van der Waals surface area contributed by atoms with Crippen LogP contribution in [0.5, 0.6) is 0 Å². The first-order valence-corrected chi connectivity index (χ1v) is 9.45. The molecule has 140 valence electrons. The maximum absolute atomic E-state index is 13.0. The van der Waals surface area contributed by atoms with Crippen molar-refractivity contribution < 1.29 is 13.2 Å². The van der Waals surface area contributed by atoms with Crippen LogP contribution in [0.1, 0.15) is 48.3 Å². The first-order valence-electron chi connectivity index (χ1n) is 9.07. The molecule has 26 heavy (non-hydrogen) atoms. The second kappa shape index (κ2) is 8.45. The number of hydrogen-bond acceptors (Lipinski definition) is 1. The first-order chi connectivity index (χ1) is 12.5.